The maximum atomic E-state index is 13.6. The number of carbonyl (C=O) groups is 2. The number of aliphatic carboxylic acids is 1. The Morgan fingerprint density at radius 1 is 1.03 bits per heavy atom. The number of nitrogens with one attached hydrogen (secondary N) is 1. The number of H-pyrrole nitrogens is 1. The minimum Gasteiger partial charge on any atom is -0.550 e. The molecular weight excluding hydrogens is 516 g/mol. The molecule has 1 unspecified atom stereocenters. The number of rotatable bonds is 7. The summed E-state index contributed by atoms with van der Waals surface area (Å²) in [5.41, 5.74) is 4.35. The molecule has 3 aromatic carbocycles. The van der Waals surface area contributed by atoms with E-state index in [2.05, 4.69) is 10.1 Å². The number of carbonyl (C=O) groups excluding carboxylic acids is 2. The largest absolute Gasteiger partial charge is 0.550 e. The van der Waals surface area contributed by atoms with Crippen LogP contribution in [0.15, 0.2) is 82.7 Å². The van der Waals surface area contributed by atoms with Crippen molar-refractivity contribution in [3.05, 3.63) is 99.3 Å². The minimum absolute atomic E-state index is 0.263. The average molecular weight is 542 g/mol. The van der Waals surface area contributed by atoms with Crippen molar-refractivity contribution < 1.29 is 14.7 Å². The van der Waals surface area contributed by atoms with E-state index in [0.717, 1.165) is 22.2 Å². The first-order valence-corrected chi connectivity index (χ1v) is 12.9. The van der Waals surface area contributed by atoms with Crippen LogP contribution in [0, 0.1) is 0 Å². The fourth-order valence-electron chi connectivity index (χ4n) is 4.91. The summed E-state index contributed by atoms with van der Waals surface area (Å²) in [7, 11) is 3.87. The number of halogens is 1. The molecule has 1 aliphatic rings. The second-order valence-electron chi connectivity index (χ2n) is 9.62. The van der Waals surface area contributed by atoms with Crippen molar-refractivity contribution in [2.24, 2.45) is 5.10 Å². The molecule has 1 atom stereocenters. The molecule has 5 rings (SSSR count). The topological polar surface area (TPSA) is 109 Å². The van der Waals surface area contributed by atoms with Crippen LogP contribution in [0.3, 0.4) is 0 Å². The third-order valence-electron chi connectivity index (χ3n) is 6.83. The fraction of sp³-hybridized carbons (Fsp3) is 0.200. The normalized spacial score (nSPS) is 14.9. The number of aromatic nitrogens is 1. The number of pyridine rings is 1. The highest BCUT2D eigenvalue weighted by molar-refractivity contribution is 6.31. The number of benzene rings is 3. The SMILES string of the molecule is CN(C)c1ccc(C2CC(c3c(-c4ccccc4)c4cc(Cl)ccc4[nH]c3=O)=NN2C(=O)CCC(=O)[O-])cc1. The van der Waals surface area contributed by atoms with Crippen LogP contribution < -0.4 is 15.6 Å². The molecule has 9 heteroatoms. The van der Waals surface area contributed by atoms with E-state index in [1.54, 1.807) is 18.2 Å². The van der Waals surface area contributed by atoms with Gasteiger partial charge >= 0.3 is 0 Å². The van der Waals surface area contributed by atoms with Gasteiger partial charge in [0, 0.05) is 60.1 Å². The molecular formula is C30H26ClN4O4-. The summed E-state index contributed by atoms with van der Waals surface area (Å²) in [5.74, 6) is -1.77. The van der Waals surface area contributed by atoms with Gasteiger partial charge in [-0.05, 0) is 47.9 Å². The van der Waals surface area contributed by atoms with E-state index in [4.69, 9.17) is 11.6 Å². The van der Waals surface area contributed by atoms with E-state index in [9.17, 15) is 19.5 Å². The van der Waals surface area contributed by atoms with Gasteiger partial charge in [0.05, 0.1) is 17.3 Å². The van der Waals surface area contributed by atoms with Crippen molar-refractivity contribution in [1.29, 1.82) is 0 Å². The maximum absolute atomic E-state index is 13.6. The van der Waals surface area contributed by atoms with E-state index in [-0.39, 0.29) is 18.4 Å². The van der Waals surface area contributed by atoms with E-state index >= 15 is 0 Å². The lowest BCUT2D eigenvalue weighted by Crippen LogP contribution is -2.29. The molecule has 1 aromatic heterocycles. The van der Waals surface area contributed by atoms with Crippen molar-refractivity contribution in [3.8, 4) is 11.1 Å². The highest BCUT2D eigenvalue weighted by Crippen LogP contribution is 2.38. The highest BCUT2D eigenvalue weighted by Gasteiger charge is 2.35. The number of carboxylic acid groups (broad SMARTS) is 1. The monoisotopic (exact) mass is 541 g/mol. The smallest absolute Gasteiger partial charge is 0.258 e. The van der Waals surface area contributed by atoms with Crippen molar-refractivity contribution in [2.45, 2.75) is 25.3 Å². The number of hydrogen-bond acceptors (Lipinski definition) is 6. The van der Waals surface area contributed by atoms with Crippen molar-refractivity contribution >= 4 is 45.8 Å². The van der Waals surface area contributed by atoms with Crippen molar-refractivity contribution in [2.75, 3.05) is 19.0 Å². The molecule has 0 saturated carbocycles. The van der Waals surface area contributed by atoms with E-state index in [1.807, 2.05) is 73.6 Å². The van der Waals surface area contributed by atoms with Gasteiger partial charge < -0.3 is 19.8 Å². The van der Waals surface area contributed by atoms with Gasteiger partial charge in [0.1, 0.15) is 0 Å². The lowest BCUT2D eigenvalue weighted by atomic mass is 9.91. The quantitative estimate of drug-likeness (QED) is 0.378. The average Bonchev–Trinajstić information content (AvgIpc) is 3.37. The first-order valence-electron chi connectivity index (χ1n) is 12.5. The molecule has 0 aliphatic carbocycles. The first kappa shape index (κ1) is 26.2. The Hall–Kier alpha value is -4.43. The van der Waals surface area contributed by atoms with Gasteiger partial charge in [-0.1, -0.05) is 54.1 Å². The Bertz CT molecular complexity index is 1650. The molecule has 198 valence electrons. The number of carboxylic acids is 1. The molecule has 0 radical (unpaired) electrons. The second-order valence-corrected chi connectivity index (χ2v) is 10.1. The number of nitrogens with zero attached hydrogens (tertiary/aromatic N) is 3. The van der Waals surface area contributed by atoms with Crippen LogP contribution in [0.4, 0.5) is 5.69 Å². The Labute approximate surface area is 230 Å². The van der Waals surface area contributed by atoms with Crippen LogP contribution >= 0.6 is 11.6 Å². The number of aromatic amines is 1. The van der Waals surface area contributed by atoms with Crippen molar-refractivity contribution in [1.82, 2.24) is 9.99 Å². The predicted molar refractivity (Wildman–Crippen MR) is 151 cm³/mol. The Morgan fingerprint density at radius 3 is 2.41 bits per heavy atom. The lowest BCUT2D eigenvalue weighted by molar-refractivity contribution is -0.305. The van der Waals surface area contributed by atoms with Crippen LogP contribution in [0.5, 0.6) is 0 Å². The number of anilines is 1. The van der Waals surface area contributed by atoms with Gasteiger partial charge in [-0.15, -0.1) is 0 Å². The van der Waals surface area contributed by atoms with Crippen LogP contribution in [0.25, 0.3) is 22.0 Å². The Morgan fingerprint density at radius 2 is 1.74 bits per heavy atom. The zero-order valence-electron chi connectivity index (χ0n) is 21.5. The summed E-state index contributed by atoms with van der Waals surface area (Å²) >= 11 is 6.36. The molecule has 1 aliphatic heterocycles. The minimum atomic E-state index is -1.31. The molecule has 1 amide bonds. The number of amides is 1. The Balaban J connectivity index is 1.67. The summed E-state index contributed by atoms with van der Waals surface area (Å²) < 4.78 is 0. The summed E-state index contributed by atoms with van der Waals surface area (Å²) in [6.07, 6.45) is -0.412. The zero-order chi connectivity index (χ0) is 27.7. The van der Waals surface area contributed by atoms with Crippen LogP contribution in [-0.2, 0) is 9.59 Å². The van der Waals surface area contributed by atoms with E-state index < -0.39 is 24.3 Å². The molecule has 8 nitrogen and oxygen atoms in total. The number of hydrazone groups is 1. The third-order valence-corrected chi connectivity index (χ3v) is 7.07. The number of fused-ring (bicyclic) bond motifs is 1. The molecule has 4 aromatic rings. The molecule has 0 saturated heterocycles. The zero-order valence-corrected chi connectivity index (χ0v) is 22.2. The van der Waals surface area contributed by atoms with Gasteiger partial charge in [-0.3, -0.25) is 9.59 Å². The third kappa shape index (κ3) is 5.28. The van der Waals surface area contributed by atoms with Gasteiger partial charge in [0.15, 0.2) is 0 Å². The molecule has 0 fully saturated rings. The van der Waals surface area contributed by atoms with Crippen molar-refractivity contribution in [3.63, 3.8) is 0 Å². The van der Waals surface area contributed by atoms with E-state index in [0.29, 0.717) is 27.4 Å². The molecule has 0 bridgehead atoms. The Kier molecular flexibility index (Phi) is 7.21. The fourth-order valence-corrected chi connectivity index (χ4v) is 5.09. The van der Waals surface area contributed by atoms with Gasteiger partial charge in [0.2, 0.25) is 5.91 Å². The number of hydrogen-bond donors (Lipinski definition) is 1. The molecule has 39 heavy (non-hydrogen) atoms. The van der Waals surface area contributed by atoms with Gasteiger partial charge in [0.25, 0.3) is 5.56 Å². The van der Waals surface area contributed by atoms with Gasteiger partial charge in [-0.2, -0.15) is 5.10 Å². The summed E-state index contributed by atoms with van der Waals surface area (Å²) in [6, 6.07) is 22.0. The second kappa shape index (κ2) is 10.7. The van der Waals surface area contributed by atoms with Crippen LogP contribution in [0.2, 0.25) is 5.02 Å². The molecule has 0 spiro atoms. The van der Waals surface area contributed by atoms with E-state index in [1.165, 1.54) is 5.01 Å². The lowest BCUT2D eigenvalue weighted by Gasteiger charge is -2.23. The maximum Gasteiger partial charge on any atom is 0.258 e. The van der Waals surface area contributed by atoms with Gasteiger partial charge in [-0.25, -0.2) is 5.01 Å². The molecule has 1 N–H and O–H groups in total. The van der Waals surface area contributed by atoms with Crippen LogP contribution in [0.1, 0.15) is 36.4 Å². The van der Waals surface area contributed by atoms with Crippen LogP contribution in [-0.4, -0.2) is 41.7 Å². The standard InChI is InChI=1S/C30H27ClN4O4/c1-34(2)21-11-8-18(9-12-21)25-17-24(33-35(25)26(36)14-15-27(37)38)29-28(19-6-4-3-5-7-19)22-16-20(31)10-13-23(22)32-30(29)39/h3-13,16,25H,14-15,17H2,1-2H3,(H,32,39)(H,37,38)/p-1. The highest BCUT2D eigenvalue weighted by atomic mass is 35.5. The predicted octanol–water partition coefficient (Wildman–Crippen LogP) is 4.12. The molecule has 2 heterocycles. The summed E-state index contributed by atoms with van der Waals surface area (Å²) in [5, 5.41) is 18.3. The summed E-state index contributed by atoms with van der Waals surface area (Å²) in [4.78, 5) is 42.8. The summed E-state index contributed by atoms with van der Waals surface area (Å²) in [6.45, 7) is 0. The first-order chi connectivity index (χ1) is 18.7.